The second kappa shape index (κ2) is 7.87. The van der Waals surface area contributed by atoms with Crippen molar-refractivity contribution in [2.75, 3.05) is 27.2 Å². The summed E-state index contributed by atoms with van der Waals surface area (Å²) in [5.41, 5.74) is 3.53. The van der Waals surface area contributed by atoms with E-state index < -0.39 is 5.97 Å². The van der Waals surface area contributed by atoms with E-state index in [0.717, 1.165) is 24.2 Å². The lowest BCUT2D eigenvalue weighted by Gasteiger charge is -2.36. The van der Waals surface area contributed by atoms with E-state index in [1.54, 1.807) is 7.11 Å². The highest BCUT2D eigenvalue weighted by Crippen LogP contribution is 2.42. The van der Waals surface area contributed by atoms with E-state index >= 15 is 0 Å². The average molecular weight is 357 g/mol. The van der Waals surface area contributed by atoms with Crippen LogP contribution in [0.15, 0.2) is 42.5 Å². The number of rotatable bonds is 6. The van der Waals surface area contributed by atoms with Gasteiger partial charge in [0.1, 0.15) is 11.6 Å². The number of carboxylic acid groups (broad SMARTS) is 1. The number of fused-ring (bicyclic) bond motifs is 1. The molecule has 0 saturated heterocycles. The Labute approximate surface area is 153 Å². The number of aliphatic carboxylic acids is 1. The molecule has 2 unspecified atom stereocenters. The van der Waals surface area contributed by atoms with Crippen LogP contribution < -0.4 is 4.74 Å². The monoisotopic (exact) mass is 357 g/mol. The Kier molecular flexibility index (Phi) is 5.57. The van der Waals surface area contributed by atoms with Gasteiger partial charge in [-0.3, -0.25) is 9.69 Å². The number of carboxylic acids is 1. The molecule has 4 nitrogen and oxygen atoms in total. The third-order valence-electron chi connectivity index (χ3n) is 5.12. The minimum atomic E-state index is -0.827. The average Bonchev–Trinajstić information content (AvgIpc) is 2.61. The number of likely N-dealkylation sites (N-methyl/N-ethyl adjacent to an activating group) is 1. The number of aryl methyl sites for hydroxylation is 1. The van der Waals surface area contributed by atoms with Crippen LogP contribution in [-0.2, 0) is 11.2 Å². The zero-order valence-electron chi connectivity index (χ0n) is 15.1. The van der Waals surface area contributed by atoms with Gasteiger partial charge in [-0.05, 0) is 66.8 Å². The molecule has 1 N–H and O–H groups in total. The van der Waals surface area contributed by atoms with E-state index in [1.165, 1.54) is 23.3 Å². The summed E-state index contributed by atoms with van der Waals surface area (Å²) >= 11 is 0. The Balaban J connectivity index is 1.96. The summed E-state index contributed by atoms with van der Waals surface area (Å²) in [4.78, 5) is 12.9. The van der Waals surface area contributed by atoms with Crippen LogP contribution in [0, 0.1) is 11.7 Å². The largest absolute Gasteiger partial charge is 0.497 e. The number of carbonyl (C=O) groups is 1. The summed E-state index contributed by atoms with van der Waals surface area (Å²) in [7, 11) is 3.49. The maximum Gasteiger partial charge on any atom is 0.317 e. The molecule has 0 aromatic heterocycles. The van der Waals surface area contributed by atoms with Gasteiger partial charge in [-0.15, -0.1) is 0 Å². The third-order valence-corrected chi connectivity index (χ3v) is 5.12. The van der Waals surface area contributed by atoms with E-state index in [2.05, 4.69) is 12.1 Å². The summed E-state index contributed by atoms with van der Waals surface area (Å²) < 4.78 is 18.8. The van der Waals surface area contributed by atoms with E-state index in [0.29, 0.717) is 6.54 Å². The van der Waals surface area contributed by atoms with Crippen molar-refractivity contribution in [3.63, 3.8) is 0 Å². The van der Waals surface area contributed by atoms with Crippen LogP contribution in [0.3, 0.4) is 0 Å². The van der Waals surface area contributed by atoms with Gasteiger partial charge in [0.2, 0.25) is 0 Å². The molecule has 0 bridgehead atoms. The van der Waals surface area contributed by atoms with Crippen molar-refractivity contribution in [3.05, 3.63) is 65.0 Å². The molecule has 2 atom stereocenters. The fourth-order valence-electron chi connectivity index (χ4n) is 4.00. The topological polar surface area (TPSA) is 49.8 Å². The van der Waals surface area contributed by atoms with E-state index in [9.17, 15) is 9.18 Å². The first-order chi connectivity index (χ1) is 12.5. The number of nitrogens with zero attached hydrogens (tertiary/aromatic N) is 1. The molecule has 0 amide bonds. The summed E-state index contributed by atoms with van der Waals surface area (Å²) in [5.74, 6) is 0.140. The number of hydrogen-bond acceptors (Lipinski definition) is 3. The first-order valence-corrected chi connectivity index (χ1v) is 8.80. The highest BCUT2D eigenvalue weighted by molar-refractivity contribution is 5.69. The lowest BCUT2D eigenvalue weighted by atomic mass is 9.71. The Hall–Kier alpha value is -2.40. The molecule has 0 spiro atoms. The fraction of sp³-hybridized carbons (Fsp3) is 0.381. The van der Waals surface area contributed by atoms with Gasteiger partial charge in [-0.2, -0.15) is 0 Å². The molecule has 3 rings (SSSR count). The summed E-state index contributed by atoms with van der Waals surface area (Å²) in [6.45, 7) is 0.696. The van der Waals surface area contributed by atoms with Crippen LogP contribution in [0.5, 0.6) is 5.75 Å². The van der Waals surface area contributed by atoms with Crippen LogP contribution in [0.25, 0.3) is 0 Å². The fourth-order valence-corrected chi connectivity index (χ4v) is 4.00. The summed E-state index contributed by atoms with van der Waals surface area (Å²) in [6, 6.07) is 12.8. The van der Waals surface area contributed by atoms with Gasteiger partial charge in [0.25, 0.3) is 0 Å². The molecule has 1 aliphatic rings. The predicted octanol–water partition coefficient (Wildman–Crippen LogP) is 3.55. The van der Waals surface area contributed by atoms with Gasteiger partial charge in [0.15, 0.2) is 0 Å². The number of halogens is 1. The van der Waals surface area contributed by atoms with Crippen molar-refractivity contribution < 1.29 is 19.0 Å². The van der Waals surface area contributed by atoms with Crippen LogP contribution in [0.1, 0.15) is 29.0 Å². The highest BCUT2D eigenvalue weighted by atomic mass is 19.1. The lowest BCUT2D eigenvalue weighted by molar-refractivity contribution is -0.138. The van der Waals surface area contributed by atoms with Crippen molar-refractivity contribution >= 4 is 5.97 Å². The van der Waals surface area contributed by atoms with Gasteiger partial charge in [0, 0.05) is 12.5 Å². The maximum absolute atomic E-state index is 13.4. The molecule has 26 heavy (non-hydrogen) atoms. The molecule has 0 heterocycles. The zero-order valence-corrected chi connectivity index (χ0v) is 15.1. The van der Waals surface area contributed by atoms with Crippen LogP contribution in [0.4, 0.5) is 4.39 Å². The number of ether oxygens (including phenoxy) is 1. The second-order valence-electron chi connectivity index (χ2n) is 6.98. The van der Waals surface area contributed by atoms with Crippen LogP contribution >= 0.6 is 0 Å². The standard InChI is InChI=1S/C21H24FNO3/c1-23(13-20(24)25)12-16-4-3-15-11-18(26-2)9-10-19(15)21(16)14-5-7-17(22)8-6-14/h5-11,16,21H,3-4,12-13H2,1-2H3,(H,24,25). The maximum atomic E-state index is 13.4. The van der Waals surface area contributed by atoms with Crippen molar-refractivity contribution in [1.29, 1.82) is 0 Å². The minimum Gasteiger partial charge on any atom is -0.497 e. The quantitative estimate of drug-likeness (QED) is 0.859. The van der Waals surface area contributed by atoms with E-state index in [-0.39, 0.29) is 24.2 Å². The Morgan fingerprint density at radius 2 is 2.00 bits per heavy atom. The Morgan fingerprint density at radius 1 is 1.27 bits per heavy atom. The normalized spacial score (nSPS) is 19.2. The zero-order chi connectivity index (χ0) is 18.7. The third kappa shape index (κ3) is 4.05. The predicted molar refractivity (Wildman–Crippen MR) is 98.2 cm³/mol. The molecule has 138 valence electrons. The molecule has 2 aromatic carbocycles. The van der Waals surface area contributed by atoms with Crippen LogP contribution in [0.2, 0.25) is 0 Å². The SMILES string of the molecule is COc1ccc2c(c1)CCC(CN(C)CC(=O)O)C2c1ccc(F)cc1. The number of hydrogen-bond donors (Lipinski definition) is 1. The van der Waals surface area contributed by atoms with E-state index in [4.69, 9.17) is 9.84 Å². The summed E-state index contributed by atoms with van der Waals surface area (Å²) in [5, 5.41) is 9.05. The molecular weight excluding hydrogens is 333 g/mol. The van der Waals surface area contributed by atoms with E-state index in [1.807, 2.05) is 30.1 Å². The number of methoxy groups -OCH3 is 1. The highest BCUT2D eigenvalue weighted by Gasteiger charge is 2.32. The van der Waals surface area contributed by atoms with Crippen molar-refractivity contribution in [3.8, 4) is 5.75 Å². The van der Waals surface area contributed by atoms with Crippen molar-refractivity contribution in [2.24, 2.45) is 5.92 Å². The van der Waals surface area contributed by atoms with Gasteiger partial charge < -0.3 is 9.84 Å². The number of benzene rings is 2. The molecule has 0 aliphatic heterocycles. The van der Waals surface area contributed by atoms with Gasteiger partial charge in [0.05, 0.1) is 13.7 Å². The summed E-state index contributed by atoms with van der Waals surface area (Å²) in [6.07, 6.45) is 1.88. The molecule has 5 heteroatoms. The molecule has 2 aromatic rings. The van der Waals surface area contributed by atoms with Crippen LogP contribution in [-0.4, -0.2) is 43.2 Å². The molecule has 0 radical (unpaired) electrons. The first kappa shape index (κ1) is 18.4. The second-order valence-corrected chi connectivity index (χ2v) is 6.98. The van der Waals surface area contributed by atoms with Gasteiger partial charge in [-0.1, -0.05) is 18.2 Å². The van der Waals surface area contributed by atoms with Gasteiger partial charge >= 0.3 is 5.97 Å². The smallest absolute Gasteiger partial charge is 0.317 e. The Bertz CT molecular complexity index is 775. The molecule has 0 saturated carbocycles. The minimum absolute atomic E-state index is 0.0160. The molecular formula is C21H24FNO3. The van der Waals surface area contributed by atoms with Crippen molar-refractivity contribution in [1.82, 2.24) is 4.90 Å². The van der Waals surface area contributed by atoms with Crippen molar-refractivity contribution in [2.45, 2.75) is 18.8 Å². The lowest BCUT2D eigenvalue weighted by Crippen LogP contribution is -2.35. The molecule has 1 aliphatic carbocycles. The molecule has 0 fully saturated rings. The Morgan fingerprint density at radius 3 is 2.65 bits per heavy atom. The first-order valence-electron chi connectivity index (χ1n) is 8.80. The van der Waals surface area contributed by atoms with Gasteiger partial charge in [-0.25, -0.2) is 4.39 Å².